The summed E-state index contributed by atoms with van der Waals surface area (Å²) < 4.78 is 0. The molecule has 0 aliphatic carbocycles. The summed E-state index contributed by atoms with van der Waals surface area (Å²) in [5.41, 5.74) is 2.34. The number of benzene rings is 1. The van der Waals surface area contributed by atoms with E-state index in [0.29, 0.717) is 12.5 Å². The third-order valence-electron chi connectivity index (χ3n) is 5.37. The number of rotatable bonds is 9. The Balaban J connectivity index is 2.17. The molecule has 29 heavy (non-hydrogen) atoms. The van der Waals surface area contributed by atoms with Crippen LogP contribution in [0.1, 0.15) is 71.8 Å². The molecule has 1 aliphatic heterocycles. The Morgan fingerprint density at radius 2 is 1.86 bits per heavy atom. The van der Waals surface area contributed by atoms with Crippen molar-refractivity contribution in [1.82, 2.24) is 15.5 Å². The van der Waals surface area contributed by atoms with Crippen LogP contribution in [0.5, 0.6) is 0 Å². The lowest BCUT2D eigenvalue weighted by Gasteiger charge is -2.33. The van der Waals surface area contributed by atoms with Gasteiger partial charge in [0.1, 0.15) is 0 Å². The fraction of sp³-hybridized carbons (Fsp3) is 0.640. The van der Waals surface area contributed by atoms with Gasteiger partial charge in [0, 0.05) is 18.6 Å². The molecule has 4 nitrogen and oxygen atoms in total. The number of amides is 2. The van der Waals surface area contributed by atoms with Crippen molar-refractivity contribution in [3.63, 3.8) is 0 Å². The maximum atomic E-state index is 13.1. The molecule has 2 amide bonds. The molecular formula is C25H41N3O. The zero-order valence-corrected chi connectivity index (χ0v) is 19.0. The number of unbranched alkanes of at least 4 members (excludes halogenated alkanes) is 2. The molecule has 0 radical (unpaired) electrons. The maximum absolute atomic E-state index is 13.1. The zero-order valence-electron chi connectivity index (χ0n) is 19.0. The molecule has 2 rings (SSSR count). The first-order valence-corrected chi connectivity index (χ1v) is 11.4. The monoisotopic (exact) mass is 399 g/mol. The minimum absolute atomic E-state index is 0.0606. The summed E-state index contributed by atoms with van der Waals surface area (Å²) in [5.74, 6) is 0.579. The highest BCUT2D eigenvalue weighted by molar-refractivity contribution is 5.75. The number of nitrogens with zero attached hydrogens (tertiary/aromatic N) is 1. The summed E-state index contributed by atoms with van der Waals surface area (Å²) in [6, 6.07) is 10.6. The first kappa shape index (κ1) is 23.5. The van der Waals surface area contributed by atoms with E-state index in [9.17, 15) is 4.79 Å². The van der Waals surface area contributed by atoms with Crippen molar-refractivity contribution in [2.45, 2.75) is 71.8 Å². The second-order valence-corrected chi connectivity index (χ2v) is 9.42. The summed E-state index contributed by atoms with van der Waals surface area (Å²) >= 11 is 0. The van der Waals surface area contributed by atoms with Gasteiger partial charge in [-0.1, -0.05) is 61.7 Å². The Labute approximate surface area is 178 Å². The molecule has 2 N–H and O–H groups in total. The smallest absolute Gasteiger partial charge is 0.318 e. The number of urea groups is 1. The van der Waals surface area contributed by atoms with Gasteiger partial charge in [0.15, 0.2) is 0 Å². The second-order valence-electron chi connectivity index (χ2n) is 9.42. The van der Waals surface area contributed by atoms with Crippen LogP contribution < -0.4 is 10.6 Å². The molecular weight excluding hydrogens is 358 g/mol. The topological polar surface area (TPSA) is 44.4 Å². The lowest BCUT2D eigenvalue weighted by Crippen LogP contribution is -2.50. The van der Waals surface area contributed by atoms with Crippen LogP contribution in [0.3, 0.4) is 0 Å². The van der Waals surface area contributed by atoms with Gasteiger partial charge in [0.25, 0.3) is 0 Å². The fourth-order valence-electron chi connectivity index (χ4n) is 3.82. The molecule has 0 bridgehead atoms. The van der Waals surface area contributed by atoms with E-state index in [1.807, 2.05) is 6.07 Å². The first-order chi connectivity index (χ1) is 13.9. The number of carbonyl (C=O) groups is 1. The maximum Gasteiger partial charge on any atom is 0.318 e. The molecule has 162 valence electrons. The van der Waals surface area contributed by atoms with Crippen LogP contribution in [0, 0.1) is 5.92 Å². The number of hydrogen-bond acceptors (Lipinski definition) is 2. The number of piperidine rings is 1. The molecule has 0 atom stereocenters. The molecule has 1 fully saturated rings. The highest BCUT2D eigenvalue weighted by Gasteiger charge is 2.24. The summed E-state index contributed by atoms with van der Waals surface area (Å²) in [5, 5.41) is 6.62. The van der Waals surface area contributed by atoms with Crippen LogP contribution in [0.4, 0.5) is 4.79 Å². The van der Waals surface area contributed by atoms with Gasteiger partial charge in [-0.25, -0.2) is 4.79 Å². The largest absolute Gasteiger partial charge is 0.333 e. The fourth-order valence-corrected chi connectivity index (χ4v) is 3.82. The third-order valence-corrected chi connectivity index (χ3v) is 5.37. The molecule has 0 saturated carbocycles. The van der Waals surface area contributed by atoms with E-state index in [0.717, 1.165) is 38.9 Å². The Bertz CT molecular complexity index is 627. The van der Waals surface area contributed by atoms with Gasteiger partial charge in [-0.2, -0.15) is 0 Å². The number of hydrogen-bond donors (Lipinski definition) is 2. The lowest BCUT2D eigenvalue weighted by molar-refractivity contribution is 0.176. The summed E-state index contributed by atoms with van der Waals surface area (Å²) in [6.45, 7) is 12.1. The van der Waals surface area contributed by atoms with Crippen LogP contribution in [-0.4, -0.2) is 42.6 Å². The average molecular weight is 400 g/mol. The van der Waals surface area contributed by atoms with Gasteiger partial charge in [-0.15, -0.1) is 0 Å². The van der Waals surface area contributed by atoms with Crippen LogP contribution >= 0.6 is 0 Å². The molecule has 0 unspecified atom stereocenters. The summed E-state index contributed by atoms with van der Waals surface area (Å²) in [6.07, 6.45) is 9.25. The van der Waals surface area contributed by atoms with Gasteiger partial charge in [-0.05, 0) is 71.0 Å². The van der Waals surface area contributed by atoms with Crippen molar-refractivity contribution >= 4 is 12.1 Å². The van der Waals surface area contributed by atoms with E-state index in [1.165, 1.54) is 30.4 Å². The van der Waals surface area contributed by atoms with Crippen molar-refractivity contribution in [3.05, 3.63) is 41.5 Å². The predicted molar refractivity (Wildman–Crippen MR) is 124 cm³/mol. The minimum atomic E-state index is -0.227. The van der Waals surface area contributed by atoms with Crippen molar-refractivity contribution in [1.29, 1.82) is 0 Å². The normalized spacial score (nSPS) is 15.9. The van der Waals surface area contributed by atoms with Gasteiger partial charge >= 0.3 is 6.03 Å². The Morgan fingerprint density at radius 3 is 2.48 bits per heavy atom. The van der Waals surface area contributed by atoms with Crippen LogP contribution in [0.2, 0.25) is 0 Å². The highest BCUT2D eigenvalue weighted by Crippen LogP contribution is 2.19. The molecule has 1 aromatic carbocycles. The van der Waals surface area contributed by atoms with Crippen molar-refractivity contribution < 1.29 is 4.79 Å². The van der Waals surface area contributed by atoms with Crippen molar-refractivity contribution in [2.24, 2.45) is 5.92 Å². The lowest BCUT2D eigenvalue weighted by atomic mass is 9.96. The van der Waals surface area contributed by atoms with Crippen molar-refractivity contribution in [2.75, 3.05) is 26.2 Å². The van der Waals surface area contributed by atoms with Gasteiger partial charge in [-0.3, -0.25) is 0 Å². The van der Waals surface area contributed by atoms with E-state index >= 15 is 0 Å². The second kappa shape index (κ2) is 12.0. The molecule has 1 aliphatic rings. The molecule has 1 aromatic rings. The summed E-state index contributed by atoms with van der Waals surface area (Å²) in [4.78, 5) is 15.2. The zero-order chi connectivity index (χ0) is 21.1. The van der Waals surface area contributed by atoms with Crippen molar-refractivity contribution in [3.8, 4) is 0 Å². The summed E-state index contributed by atoms with van der Waals surface area (Å²) in [7, 11) is 0. The quantitative estimate of drug-likeness (QED) is 0.542. The number of nitrogens with one attached hydrogen (secondary N) is 2. The molecule has 4 heteroatoms. The molecule has 0 aromatic heterocycles. The van der Waals surface area contributed by atoms with E-state index < -0.39 is 0 Å². The Morgan fingerprint density at radius 1 is 1.17 bits per heavy atom. The Kier molecular flexibility index (Phi) is 9.72. The van der Waals surface area contributed by atoms with Gasteiger partial charge in [0.2, 0.25) is 0 Å². The van der Waals surface area contributed by atoms with E-state index in [4.69, 9.17) is 0 Å². The van der Waals surface area contributed by atoms with Crippen LogP contribution in [0.15, 0.2) is 35.9 Å². The molecule has 0 spiro atoms. The van der Waals surface area contributed by atoms with E-state index in [2.05, 4.69) is 73.6 Å². The van der Waals surface area contributed by atoms with Gasteiger partial charge in [0.05, 0.1) is 0 Å². The van der Waals surface area contributed by atoms with Gasteiger partial charge < -0.3 is 15.5 Å². The van der Waals surface area contributed by atoms with Crippen LogP contribution in [-0.2, 0) is 0 Å². The minimum Gasteiger partial charge on any atom is -0.333 e. The number of carbonyl (C=O) groups excluding carboxylic acids is 1. The average Bonchev–Trinajstić information content (AvgIpc) is 2.68. The first-order valence-electron chi connectivity index (χ1n) is 11.4. The van der Waals surface area contributed by atoms with Crippen LogP contribution in [0.25, 0.3) is 6.08 Å². The molecule has 1 saturated heterocycles. The predicted octanol–water partition coefficient (Wildman–Crippen LogP) is 5.46. The SMILES string of the molecule is CCCCCC(=Cc1ccccc1)CN(CC1CCNCC1)C(=O)NC(C)(C)C. The Hall–Kier alpha value is -1.81. The van der Waals surface area contributed by atoms with E-state index in [-0.39, 0.29) is 11.6 Å². The standard InChI is InChI=1S/C25H41N3O/c1-5-6-8-13-23(18-21-11-9-7-10-12-21)20-28(24(29)27-25(2,3)4)19-22-14-16-26-17-15-22/h7,9-12,18,22,26H,5-6,8,13-17,19-20H2,1-4H3,(H,27,29). The highest BCUT2D eigenvalue weighted by atomic mass is 16.2. The van der Waals surface area contributed by atoms with E-state index in [1.54, 1.807) is 0 Å². The third kappa shape index (κ3) is 9.49. The molecule has 1 heterocycles.